The molecule has 4 unspecified atom stereocenters. The zero-order valence-electron chi connectivity index (χ0n) is 36.8. The van der Waals surface area contributed by atoms with Crippen molar-refractivity contribution in [2.24, 2.45) is 0 Å². The van der Waals surface area contributed by atoms with E-state index in [1.165, 1.54) is 43.4 Å². The second kappa shape index (κ2) is 18.7. The number of nitrogens with zero attached hydrogens (tertiary/aromatic N) is 3. The molecule has 0 aliphatic carbocycles. The van der Waals surface area contributed by atoms with Gasteiger partial charge in [-0.2, -0.15) is 0 Å². The van der Waals surface area contributed by atoms with Crippen molar-refractivity contribution in [3.05, 3.63) is 89.0 Å². The average molecular weight is 915 g/mol. The predicted octanol–water partition coefficient (Wildman–Crippen LogP) is 3.96. The van der Waals surface area contributed by atoms with Gasteiger partial charge < -0.3 is 69.1 Å². The lowest BCUT2D eigenvalue weighted by atomic mass is 9.88. The number of aliphatic hydroxyl groups excluding tert-OH is 3. The summed E-state index contributed by atoms with van der Waals surface area (Å²) in [6.45, 7) is 10.4. The van der Waals surface area contributed by atoms with Gasteiger partial charge in [0, 0.05) is 49.9 Å². The van der Waals surface area contributed by atoms with Gasteiger partial charge in [0.25, 0.3) is 11.8 Å². The molecular weight excluding hydrogens is 861 g/mol. The first-order valence-corrected chi connectivity index (χ1v) is 21.6. The topological polar surface area (TPSA) is 250 Å². The molecule has 3 aromatic rings. The molecule has 8 atom stereocenters. The van der Waals surface area contributed by atoms with E-state index in [1.807, 2.05) is 6.92 Å². The number of anilines is 2. The Morgan fingerprint density at radius 2 is 1.44 bits per heavy atom. The zero-order valence-corrected chi connectivity index (χ0v) is 36.8. The highest BCUT2D eigenvalue weighted by Crippen LogP contribution is 2.44. The first kappa shape index (κ1) is 46.0. The lowest BCUT2D eigenvalue weighted by Gasteiger charge is -2.31. The van der Waals surface area contributed by atoms with Crippen molar-refractivity contribution in [2.75, 3.05) is 51.2 Å². The van der Waals surface area contributed by atoms with Crippen LogP contribution in [0.15, 0.2) is 66.8 Å². The Hall–Kier alpha value is -6.54. The van der Waals surface area contributed by atoms with Gasteiger partial charge in [-0.3, -0.25) is 9.59 Å². The number of carboxylic acids is 1. The van der Waals surface area contributed by atoms with Crippen molar-refractivity contribution in [2.45, 2.75) is 94.5 Å². The van der Waals surface area contributed by atoms with Crippen molar-refractivity contribution in [3.8, 4) is 28.7 Å². The Morgan fingerprint density at radius 1 is 0.818 bits per heavy atom. The molecule has 8 rings (SSSR count). The number of carbonyl (C=O) groups is 4. The number of aliphatic hydroxyl groups is 3. The summed E-state index contributed by atoms with van der Waals surface area (Å²) in [6.07, 6.45) is -5.53. The van der Waals surface area contributed by atoms with Gasteiger partial charge >= 0.3 is 12.1 Å². The molecule has 5 aliphatic heterocycles. The van der Waals surface area contributed by atoms with Gasteiger partial charge in [-0.1, -0.05) is 37.3 Å². The molecule has 66 heavy (non-hydrogen) atoms. The SMILES string of the molecule is C=C1CC2C(O)N(C(=O)OCc3ccc(O[C@H]4C[C@@H](O)C[C@@H](C(=O)O)O4)c(N)c3)c3cc(OCCCOc4cc5c(cc4OC)C(=O)N4CC(=C)C[C@H]4C(O)C5C)c(OC)cc3C(=O)N2C1. The molecule has 0 aromatic heterocycles. The number of rotatable bonds is 13. The van der Waals surface area contributed by atoms with Crippen LogP contribution in [0.3, 0.4) is 0 Å². The molecular formula is C47H54N4O15. The van der Waals surface area contributed by atoms with Crippen LogP contribution in [0, 0.1) is 0 Å². The molecule has 352 valence electrons. The van der Waals surface area contributed by atoms with Crippen LogP contribution in [-0.4, -0.2) is 138 Å². The molecule has 0 bridgehead atoms. The summed E-state index contributed by atoms with van der Waals surface area (Å²) < 4.78 is 40.5. The van der Waals surface area contributed by atoms with E-state index in [2.05, 4.69) is 13.2 Å². The summed E-state index contributed by atoms with van der Waals surface area (Å²) in [5.74, 6) is -0.999. The Bertz CT molecular complexity index is 2440. The molecule has 5 aliphatic rings. The summed E-state index contributed by atoms with van der Waals surface area (Å²) in [6, 6.07) is 9.63. The molecule has 19 heteroatoms. The minimum Gasteiger partial charge on any atom is -0.493 e. The number of nitrogen functional groups attached to an aromatic ring is 1. The summed E-state index contributed by atoms with van der Waals surface area (Å²) >= 11 is 0. The van der Waals surface area contributed by atoms with E-state index in [0.717, 1.165) is 10.5 Å². The Morgan fingerprint density at radius 3 is 2.09 bits per heavy atom. The highest BCUT2D eigenvalue weighted by atomic mass is 16.7. The lowest BCUT2D eigenvalue weighted by Crippen LogP contribution is -2.50. The smallest absolute Gasteiger partial charge is 0.416 e. The van der Waals surface area contributed by atoms with E-state index in [1.54, 1.807) is 23.1 Å². The van der Waals surface area contributed by atoms with Gasteiger partial charge in [0.1, 0.15) is 12.4 Å². The van der Waals surface area contributed by atoms with E-state index in [9.17, 15) is 39.6 Å². The first-order chi connectivity index (χ1) is 31.6. The molecule has 3 amide bonds. The number of ether oxygens (including phenoxy) is 7. The van der Waals surface area contributed by atoms with Crippen molar-refractivity contribution in [1.29, 1.82) is 0 Å². The molecule has 0 saturated carbocycles. The van der Waals surface area contributed by atoms with E-state index in [4.69, 9.17) is 38.9 Å². The quantitative estimate of drug-likeness (QED) is 0.0925. The molecule has 3 fully saturated rings. The number of amides is 3. The van der Waals surface area contributed by atoms with Gasteiger partial charge in [0.05, 0.1) is 68.7 Å². The van der Waals surface area contributed by atoms with Gasteiger partial charge in [0.2, 0.25) is 6.29 Å². The number of hydrogen-bond donors (Lipinski definition) is 5. The zero-order chi connectivity index (χ0) is 47.1. The van der Waals surface area contributed by atoms with Gasteiger partial charge in [-0.05, 0) is 54.3 Å². The number of carboxylic acid groups (broad SMARTS) is 1. The van der Waals surface area contributed by atoms with E-state index < -0.39 is 54.8 Å². The fraction of sp³-hybridized carbons (Fsp3) is 0.447. The number of benzene rings is 3. The fourth-order valence-corrected chi connectivity index (χ4v) is 9.29. The third-order valence-corrected chi connectivity index (χ3v) is 12.7. The summed E-state index contributed by atoms with van der Waals surface area (Å²) in [5.41, 5.74) is 9.56. The maximum Gasteiger partial charge on any atom is 0.416 e. The highest BCUT2D eigenvalue weighted by Gasteiger charge is 2.47. The molecule has 0 spiro atoms. The highest BCUT2D eigenvalue weighted by molar-refractivity contribution is 6.06. The average Bonchev–Trinajstić information content (AvgIpc) is 3.86. The van der Waals surface area contributed by atoms with Gasteiger partial charge in [0.15, 0.2) is 35.3 Å². The third-order valence-electron chi connectivity index (χ3n) is 12.7. The first-order valence-electron chi connectivity index (χ1n) is 21.6. The normalized spacial score (nSPS) is 25.8. The van der Waals surface area contributed by atoms with Crippen molar-refractivity contribution < 1.29 is 72.8 Å². The molecule has 5 heterocycles. The van der Waals surface area contributed by atoms with Crippen LogP contribution in [0.4, 0.5) is 16.2 Å². The van der Waals surface area contributed by atoms with Crippen molar-refractivity contribution in [3.63, 3.8) is 0 Å². The molecule has 19 nitrogen and oxygen atoms in total. The number of nitrogens with two attached hydrogens (primary N) is 1. The van der Waals surface area contributed by atoms with Gasteiger partial charge in [-0.25, -0.2) is 14.5 Å². The summed E-state index contributed by atoms with van der Waals surface area (Å²) in [7, 11) is 2.89. The Labute approximate surface area is 380 Å². The van der Waals surface area contributed by atoms with Crippen LogP contribution in [0.5, 0.6) is 28.7 Å². The fourth-order valence-electron chi connectivity index (χ4n) is 9.29. The monoisotopic (exact) mass is 914 g/mol. The number of hydrogen-bond acceptors (Lipinski definition) is 15. The van der Waals surface area contributed by atoms with E-state index in [0.29, 0.717) is 53.1 Å². The van der Waals surface area contributed by atoms with E-state index >= 15 is 0 Å². The largest absolute Gasteiger partial charge is 0.493 e. The van der Waals surface area contributed by atoms with Crippen molar-refractivity contribution in [1.82, 2.24) is 9.80 Å². The predicted molar refractivity (Wildman–Crippen MR) is 235 cm³/mol. The van der Waals surface area contributed by atoms with Crippen LogP contribution >= 0.6 is 0 Å². The van der Waals surface area contributed by atoms with E-state index in [-0.39, 0.29) is 97.7 Å². The van der Waals surface area contributed by atoms with Crippen molar-refractivity contribution >= 4 is 35.3 Å². The number of carbonyl (C=O) groups excluding carboxylic acids is 3. The summed E-state index contributed by atoms with van der Waals surface area (Å²) in [4.78, 5) is 57.4. The van der Waals surface area contributed by atoms with Crippen LogP contribution in [0.25, 0.3) is 0 Å². The van der Waals surface area contributed by atoms with Crippen LogP contribution < -0.4 is 34.3 Å². The number of methoxy groups -OCH3 is 2. The maximum absolute atomic E-state index is 14.1. The van der Waals surface area contributed by atoms with Crippen LogP contribution in [-0.2, 0) is 20.9 Å². The summed E-state index contributed by atoms with van der Waals surface area (Å²) in [5, 5.41) is 42.6. The lowest BCUT2D eigenvalue weighted by molar-refractivity contribution is -0.195. The Kier molecular flexibility index (Phi) is 13.1. The minimum absolute atomic E-state index is 0.0208. The number of aliphatic carboxylic acids is 1. The molecule has 3 saturated heterocycles. The van der Waals surface area contributed by atoms with Gasteiger partial charge in [-0.15, -0.1) is 0 Å². The minimum atomic E-state index is -1.55. The second-order valence-electron chi connectivity index (χ2n) is 17.2. The molecule has 6 N–H and O–H groups in total. The standard InChI is InChI=1S/C47H54N4O15/c1-23-11-33-42(53)25(3)28-16-38(36(60-4)17-29(28)43(54)49(33)20-23)62-9-6-10-63-39-19-32-30(18-37(39)61-5)44(55)50-21-24(2)12-34(50)45(56)51(32)47(59)64-22-26-7-8-35(31(48)13-26)65-41-15-27(52)14-40(66-41)46(57)58/h7-8,13,16-19,25,27,33-34,40-42,45,52-53,56H,1-2,6,9-12,14-15,20-22,48H2,3-5H3,(H,57,58)/t25?,27-,33-,34?,40-,41+,42?,45?/m0/s1. The second-order valence-corrected chi connectivity index (χ2v) is 17.2. The molecule has 0 radical (unpaired) electrons. The molecule has 3 aromatic carbocycles. The van der Waals surface area contributed by atoms with Crippen LogP contribution in [0.1, 0.15) is 76.8 Å². The van der Waals surface area contributed by atoms with Crippen LogP contribution in [0.2, 0.25) is 0 Å². The third kappa shape index (κ3) is 8.90. The maximum atomic E-state index is 14.1. The number of fused-ring (bicyclic) bond motifs is 4. The Balaban J connectivity index is 0.966.